The van der Waals surface area contributed by atoms with Crippen molar-refractivity contribution in [1.29, 1.82) is 0 Å². The van der Waals surface area contributed by atoms with Crippen LogP contribution in [0, 0.1) is 5.41 Å². The normalized spacial score (nSPS) is 19.1. The Bertz CT molecular complexity index is 635. The van der Waals surface area contributed by atoms with Crippen molar-refractivity contribution in [3.63, 3.8) is 0 Å². The van der Waals surface area contributed by atoms with Crippen molar-refractivity contribution in [1.82, 2.24) is 10.2 Å². The number of rotatable bonds is 7. The van der Waals surface area contributed by atoms with Gasteiger partial charge in [0.1, 0.15) is 5.41 Å². The first-order valence-corrected chi connectivity index (χ1v) is 9.17. The Hall–Kier alpha value is -2.12. The Morgan fingerprint density at radius 1 is 1.08 bits per heavy atom. The van der Waals surface area contributed by atoms with E-state index in [1.165, 1.54) is 0 Å². The third kappa shape index (κ3) is 4.16. The SMILES string of the molecule is COCCNC(=O)C1(C(=O)Nc2ccc(N3CCN(C)CC3)cc2)CC1. The fourth-order valence-electron chi connectivity index (χ4n) is 3.19. The maximum atomic E-state index is 12.6. The van der Waals surface area contributed by atoms with Crippen molar-refractivity contribution >= 4 is 23.2 Å². The lowest BCUT2D eigenvalue weighted by Gasteiger charge is -2.34. The summed E-state index contributed by atoms with van der Waals surface area (Å²) in [5.41, 5.74) is 0.975. The summed E-state index contributed by atoms with van der Waals surface area (Å²) in [6.45, 7) is 4.99. The van der Waals surface area contributed by atoms with Crippen molar-refractivity contribution in [2.45, 2.75) is 12.8 Å². The van der Waals surface area contributed by atoms with E-state index in [9.17, 15) is 9.59 Å². The highest BCUT2D eigenvalue weighted by molar-refractivity contribution is 6.13. The van der Waals surface area contributed by atoms with Crippen LogP contribution >= 0.6 is 0 Å². The van der Waals surface area contributed by atoms with Gasteiger partial charge in [-0.05, 0) is 44.2 Å². The summed E-state index contributed by atoms with van der Waals surface area (Å²) in [6.07, 6.45) is 1.19. The Kier molecular flexibility index (Phi) is 5.78. The van der Waals surface area contributed by atoms with Gasteiger partial charge in [0, 0.05) is 51.2 Å². The minimum Gasteiger partial charge on any atom is -0.383 e. The largest absolute Gasteiger partial charge is 0.383 e. The van der Waals surface area contributed by atoms with E-state index in [1.807, 2.05) is 24.3 Å². The second-order valence-corrected chi connectivity index (χ2v) is 7.12. The zero-order chi connectivity index (χ0) is 18.6. The molecule has 1 saturated heterocycles. The first kappa shape index (κ1) is 18.7. The molecule has 2 aliphatic rings. The minimum atomic E-state index is -0.913. The van der Waals surface area contributed by atoms with Crippen LogP contribution in [-0.4, -0.2) is 70.2 Å². The molecular formula is C19H28N4O3. The number of benzene rings is 1. The van der Waals surface area contributed by atoms with Gasteiger partial charge in [-0.15, -0.1) is 0 Å². The molecule has 2 amide bonds. The molecule has 1 aromatic carbocycles. The van der Waals surface area contributed by atoms with E-state index in [0.29, 0.717) is 26.0 Å². The number of carbonyl (C=O) groups excluding carboxylic acids is 2. The van der Waals surface area contributed by atoms with Crippen molar-refractivity contribution in [2.75, 3.05) is 63.7 Å². The monoisotopic (exact) mass is 360 g/mol. The molecule has 7 heteroatoms. The van der Waals surface area contributed by atoms with Gasteiger partial charge in [0.15, 0.2) is 0 Å². The van der Waals surface area contributed by atoms with E-state index in [2.05, 4.69) is 27.5 Å². The Morgan fingerprint density at radius 2 is 1.73 bits per heavy atom. The summed E-state index contributed by atoms with van der Waals surface area (Å²) in [7, 11) is 3.71. The van der Waals surface area contributed by atoms with Gasteiger partial charge < -0.3 is 25.2 Å². The van der Waals surface area contributed by atoms with Crippen LogP contribution in [0.3, 0.4) is 0 Å². The quantitative estimate of drug-likeness (QED) is 0.559. The number of piperazine rings is 1. The topological polar surface area (TPSA) is 73.9 Å². The average molecular weight is 360 g/mol. The van der Waals surface area contributed by atoms with Crippen LogP contribution in [0.4, 0.5) is 11.4 Å². The van der Waals surface area contributed by atoms with E-state index >= 15 is 0 Å². The van der Waals surface area contributed by atoms with Gasteiger partial charge in [0.25, 0.3) is 0 Å². The van der Waals surface area contributed by atoms with E-state index in [1.54, 1.807) is 7.11 Å². The van der Waals surface area contributed by atoms with Crippen LogP contribution in [0.5, 0.6) is 0 Å². The number of methoxy groups -OCH3 is 1. The standard InChI is InChI=1S/C19H28N4O3/c1-22-10-12-23(13-11-22)16-5-3-15(4-6-16)21-18(25)19(7-8-19)17(24)20-9-14-26-2/h3-6H,7-14H2,1-2H3,(H,20,24)(H,21,25). The van der Waals surface area contributed by atoms with Gasteiger partial charge in [0.05, 0.1) is 6.61 Å². The van der Waals surface area contributed by atoms with Gasteiger partial charge in [0.2, 0.25) is 11.8 Å². The predicted octanol–water partition coefficient (Wildman–Crippen LogP) is 0.920. The van der Waals surface area contributed by atoms with E-state index in [4.69, 9.17) is 4.74 Å². The van der Waals surface area contributed by atoms with Gasteiger partial charge in [-0.1, -0.05) is 0 Å². The van der Waals surface area contributed by atoms with Crippen molar-refractivity contribution in [3.05, 3.63) is 24.3 Å². The molecule has 0 aromatic heterocycles. The lowest BCUT2D eigenvalue weighted by atomic mass is 10.0. The Balaban J connectivity index is 1.55. The molecule has 1 heterocycles. The van der Waals surface area contributed by atoms with Gasteiger partial charge in [-0.3, -0.25) is 9.59 Å². The number of nitrogens with one attached hydrogen (secondary N) is 2. The molecule has 1 aliphatic heterocycles. The second kappa shape index (κ2) is 8.05. The average Bonchev–Trinajstić information content (AvgIpc) is 3.45. The molecular weight excluding hydrogens is 332 g/mol. The highest BCUT2D eigenvalue weighted by Gasteiger charge is 2.56. The number of carbonyl (C=O) groups is 2. The van der Waals surface area contributed by atoms with Crippen LogP contribution < -0.4 is 15.5 Å². The van der Waals surface area contributed by atoms with E-state index in [0.717, 1.165) is 37.6 Å². The first-order chi connectivity index (χ1) is 12.5. The van der Waals surface area contributed by atoms with Crippen LogP contribution in [0.2, 0.25) is 0 Å². The molecule has 0 unspecified atom stereocenters. The molecule has 1 aliphatic carbocycles. The van der Waals surface area contributed by atoms with Crippen molar-refractivity contribution in [3.8, 4) is 0 Å². The number of ether oxygens (including phenoxy) is 1. The maximum absolute atomic E-state index is 12.6. The Labute approximate surface area is 154 Å². The van der Waals surface area contributed by atoms with Gasteiger partial charge in [-0.25, -0.2) is 0 Å². The number of likely N-dealkylation sites (N-methyl/N-ethyl adjacent to an activating group) is 1. The molecule has 26 heavy (non-hydrogen) atoms. The van der Waals surface area contributed by atoms with Crippen LogP contribution in [0.1, 0.15) is 12.8 Å². The molecule has 142 valence electrons. The zero-order valence-corrected chi connectivity index (χ0v) is 15.6. The first-order valence-electron chi connectivity index (χ1n) is 9.17. The van der Waals surface area contributed by atoms with Gasteiger partial charge in [-0.2, -0.15) is 0 Å². The van der Waals surface area contributed by atoms with Crippen LogP contribution in [0.15, 0.2) is 24.3 Å². The molecule has 0 spiro atoms. The molecule has 0 atom stereocenters. The molecule has 1 saturated carbocycles. The summed E-state index contributed by atoms with van der Waals surface area (Å²) < 4.78 is 4.93. The smallest absolute Gasteiger partial charge is 0.240 e. The van der Waals surface area contributed by atoms with Gasteiger partial charge >= 0.3 is 0 Å². The highest BCUT2D eigenvalue weighted by Crippen LogP contribution is 2.46. The minimum absolute atomic E-state index is 0.207. The predicted molar refractivity (Wildman–Crippen MR) is 101 cm³/mol. The number of hydrogen-bond acceptors (Lipinski definition) is 5. The lowest BCUT2D eigenvalue weighted by Crippen LogP contribution is -2.44. The van der Waals surface area contributed by atoms with E-state index < -0.39 is 5.41 Å². The lowest BCUT2D eigenvalue weighted by molar-refractivity contribution is -0.134. The Morgan fingerprint density at radius 3 is 2.31 bits per heavy atom. The summed E-state index contributed by atoms with van der Waals surface area (Å²) in [4.78, 5) is 29.5. The number of amides is 2. The van der Waals surface area contributed by atoms with E-state index in [-0.39, 0.29) is 11.8 Å². The third-order valence-corrected chi connectivity index (χ3v) is 5.20. The molecule has 1 aromatic rings. The maximum Gasteiger partial charge on any atom is 0.240 e. The molecule has 0 bridgehead atoms. The number of anilines is 2. The van der Waals surface area contributed by atoms with Crippen molar-refractivity contribution < 1.29 is 14.3 Å². The fourth-order valence-corrected chi connectivity index (χ4v) is 3.19. The summed E-state index contributed by atoms with van der Waals surface area (Å²) in [5.74, 6) is -0.430. The zero-order valence-electron chi connectivity index (χ0n) is 15.6. The molecule has 0 radical (unpaired) electrons. The third-order valence-electron chi connectivity index (χ3n) is 5.20. The molecule has 2 fully saturated rings. The van der Waals surface area contributed by atoms with Crippen LogP contribution in [-0.2, 0) is 14.3 Å². The molecule has 3 rings (SSSR count). The molecule has 7 nitrogen and oxygen atoms in total. The van der Waals surface area contributed by atoms with Crippen molar-refractivity contribution in [2.24, 2.45) is 5.41 Å². The second-order valence-electron chi connectivity index (χ2n) is 7.12. The highest BCUT2D eigenvalue weighted by atomic mass is 16.5. The number of nitrogens with zero attached hydrogens (tertiary/aromatic N) is 2. The van der Waals surface area contributed by atoms with Crippen LogP contribution in [0.25, 0.3) is 0 Å². The summed E-state index contributed by atoms with van der Waals surface area (Å²) in [5, 5.41) is 5.67. The fraction of sp³-hybridized carbons (Fsp3) is 0.579. The number of hydrogen-bond donors (Lipinski definition) is 2. The summed E-state index contributed by atoms with van der Waals surface area (Å²) >= 11 is 0. The summed E-state index contributed by atoms with van der Waals surface area (Å²) in [6, 6.07) is 7.87. The molecule has 2 N–H and O–H groups in total.